The predicted octanol–water partition coefficient (Wildman–Crippen LogP) is 2.01. The molecule has 1 N–H and O–H groups in total. The Morgan fingerprint density at radius 3 is 2.80 bits per heavy atom. The average Bonchev–Trinajstić information content (AvgIpc) is 2.67. The maximum absolute atomic E-state index is 10.5. The van der Waals surface area contributed by atoms with Crippen LogP contribution in [0.5, 0.6) is 0 Å². The van der Waals surface area contributed by atoms with Crippen molar-refractivity contribution < 1.29 is 9.90 Å². The number of anilines is 1. The van der Waals surface area contributed by atoms with Gasteiger partial charge in [-0.2, -0.15) is 0 Å². The highest BCUT2D eigenvalue weighted by atomic mass is 32.1. The summed E-state index contributed by atoms with van der Waals surface area (Å²) in [4.78, 5) is 16.9. The summed E-state index contributed by atoms with van der Waals surface area (Å²) in [6.07, 6.45) is 1.09. The van der Waals surface area contributed by atoms with Crippen molar-refractivity contribution in [1.82, 2.24) is 4.98 Å². The first-order valence-electron chi connectivity index (χ1n) is 5.08. The fourth-order valence-electron chi connectivity index (χ4n) is 1.22. The molecule has 1 aromatic heterocycles. The Morgan fingerprint density at radius 1 is 1.60 bits per heavy atom. The second-order valence-corrected chi connectivity index (χ2v) is 4.03. The molecular weight excluding hydrogens is 212 g/mol. The molecule has 0 aliphatic carbocycles. The number of thiazole rings is 1. The van der Waals surface area contributed by atoms with Gasteiger partial charge in [0.15, 0.2) is 5.13 Å². The van der Waals surface area contributed by atoms with Crippen LogP contribution in [0.1, 0.15) is 26.0 Å². The first kappa shape index (κ1) is 12.0. The third kappa shape index (κ3) is 3.51. The summed E-state index contributed by atoms with van der Waals surface area (Å²) >= 11 is 1.58. The fraction of sp³-hybridized carbons (Fsp3) is 0.600. The van der Waals surface area contributed by atoms with Gasteiger partial charge in [-0.25, -0.2) is 4.98 Å². The fourth-order valence-corrected chi connectivity index (χ4v) is 2.22. The minimum atomic E-state index is -0.763. The van der Waals surface area contributed by atoms with E-state index in [-0.39, 0.29) is 6.42 Å². The molecule has 0 fully saturated rings. The van der Waals surface area contributed by atoms with Gasteiger partial charge >= 0.3 is 5.97 Å². The van der Waals surface area contributed by atoms with Gasteiger partial charge < -0.3 is 10.0 Å². The lowest BCUT2D eigenvalue weighted by molar-refractivity contribution is -0.136. The Labute approximate surface area is 93.6 Å². The summed E-state index contributed by atoms with van der Waals surface area (Å²) in [6, 6.07) is 0. The van der Waals surface area contributed by atoms with Crippen molar-refractivity contribution >= 4 is 22.4 Å². The first-order valence-corrected chi connectivity index (χ1v) is 5.96. The lowest BCUT2D eigenvalue weighted by Crippen LogP contribution is -2.25. The molecule has 0 spiro atoms. The Bertz CT molecular complexity index is 325. The van der Waals surface area contributed by atoms with Crippen LogP contribution in [0.4, 0.5) is 5.13 Å². The number of hydrogen-bond acceptors (Lipinski definition) is 4. The first-order chi connectivity index (χ1) is 7.17. The van der Waals surface area contributed by atoms with E-state index in [1.807, 2.05) is 17.2 Å². The van der Waals surface area contributed by atoms with Gasteiger partial charge in [0.2, 0.25) is 0 Å². The number of hydrogen-bond donors (Lipinski definition) is 1. The molecule has 4 nitrogen and oxygen atoms in total. The van der Waals surface area contributed by atoms with Crippen molar-refractivity contribution in [2.45, 2.75) is 26.7 Å². The molecule has 1 rings (SSSR count). The molecule has 0 radical (unpaired) electrons. The van der Waals surface area contributed by atoms with Crippen molar-refractivity contribution in [3.63, 3.8) is 0 Å². The van der Waals surface area contributed by atoms with E-state index in [1.54, 1.807) is 11.3 Å². The Balaban J connectivity index is 2.61. The van der Waals surface area contributed by atoms with Crippen molar-refractivity contribution in [3.05, 3.63) is 11.1 Å². The third-order valence-corrected chi connectivity index (χ3v) is 3.10. The molecule has 15 heavy (non-hydrogen) atoms. The molecule has 0 aliphatic rings. The molecule has 0 bridgehead atoms. The SMILES string of the molecule is CCc1csc(N(CC)CCC(=O)O)n1. The topological polar surface area (TPSA) is 53.4 Å². The van der Waals surface area contributed by atoms with E-state index in [2.05, 4.69) is 11.9 Å². The summed E-state index contributed by atoms with van der Waals surface area (Å²) in [5.41, 5.74) is 1.07. The van der Waals surface area contributed by atoms with Gasteiger partial charge in [0.25, 0.3) is 0 Å². The average molecular weight is 228 g/mol. The maximum Gasteiger partial charge on any atom is 0.305 e. The number of aryl methyl sites for hydroxylation is 1. The van der Waals surface area contributed by atoms with Crippen LogP contribution in [0.3, 0.4) is 0 Å². The van der Waals surface area contributed by atoms with Crippen LogP contribution < -0.4 is 4.90 Å². The zero-order valence-corrected chi connectivity index (χ0v) is 9.88. The monoisotopic (exact) mass is 228 g/mol. The van der Waals surface area contributed by atoms with Gasteiger partial charge in [0.1, 0.15) is 0 Å². The summed E-state index contributed by atoms with van der Waals surface area (Å²) in [7, 11) is 0. The van der Waals surface area contributed by atoms with Crippen LogP contribution in [0.15, 0.2) is 5.38 Å². The van der Waals surface area contributed by atoms with E-state index in [1.165, 1.54) is 0 Å². The highest BCUT2D eigenvalue weighted by molar-refractivity contribution is 7.13. The van der Waals surface area contributed by atoms with Crippen LogP contribution in [-0.4, -0.2) is 29.1 Å². The van der Waals surface area contributed by atoms with Gasteiger partial charge in [-0.05, 0) is 13.3 Å². The number of carbonyl (C=O) groups is 1. The number of carboxylic acids is 1. The summed E-state index contributed by atoms with van der Waals surface area (Å²) in [6.45, 7) is 5.40. The molecule has 0 saturated heterocycles. The lowest BCUT2D eigenvalue weighted by Gasteiger charge is -2.18. The molecule has 84 valence electrons. The van der Waals surface area contributed by atoms with E-state index in [9.17, 15) is 4.79 Å². The smallest absolute Gasteiger partial charge is 0.305 e. The quantitative estimate of drug-likeness (QED) is 0.809. The van der Waals surface area contributed by atoms with Crippen LogP contribution in [0.25, 0.3) is 0 Å². The molecule has 0 atom stereocenters. The number of carboxylic acid groups (broad SMARTS) is 1. The largest absolute Gasteiger partial charge is 0.481 e. The van der Waals surface area contributed by atoms with Crippen molar-refractivity contribution in [2.75, 3.05) is 18.0 Å². The minimum Gasteiger partial charge on any atom is -0.481 e. The maximum atomic E-state index is 10.5. The number of rotatable bonds is 6. The zero-order valence-electron chi connectivity index (χ0n) is 9.06. The van der Waals surface area contributed by atoms with E-state index < -0.39 is 5.97 Å². The molecule has 0 aromatic carbocycles. The normalized spacial score (nSPS) is 10.3. The van der Waals surface area contributed by atoms with Crippen LogP contribution in [-0.2, 0) is 11.2 Å². The molecule has 0 amide bonds. The highest BCUT2D eigenvalue weighted by Crippen LogP contribution is 2.20. The van der Waals surface area contributed by atoms with Gasteiger partial charge in [-0.1, -0.05) is 6.92 Å². The van der Waals surface area contributed by atoms with Crippen molar-refractivity contribution in [3.8, 4) is 0 Å². The molecule has 0 unspecified atom stereocenters. The number of aromatic nitrogens is 1. The third-order valence-electron chi connectivity index (χ3n) is 2.15. The lowest BCUT2D eigenvalue weighted by atomic mass is 10.4. The summed E-state index contributed by atoms with van der Waals surface area (Å²) in [5.74, 6) is -0.763. The predicted molar refractivity (Wildman–Crippen MR) is 61.6 cm³/mol. The Hall–Kier alpha value is -1.10. The van der Waals surface area contributed by atoms with Gasteiger partial charge in [-0.3, -0.25) is 4.79 Å². The van der Waals surface area contributed by atoms with E-state index >= 15 is 0 Å². The standard InChI is InChI=1S/C10H16N2O2S/c1-3-8-7-15-10(11-8)12(4-2)6-5-9(13)14/h7H,3-6H2,1-2H3,(H,13,14). The number of nitrogens with zero attached hydrogens (tertiary/aromatic N) is 2. The van der Waals surface area contributed by atoms with E-state index in [0.717, 1.165) is 23.8 Å². The van der Waals surface area contributed by atoms with Crippen molar-refractivity contribution in [2.24, 2.45) is 0 Å². The van der Waals surface area contributed by atoms with Crippen LogP contribution in [0, 0.1) is 0 Å². The molecule has 5 heteroatoms. The Morgan fingerprint density at radius 2 is 2.33 bits per heavy atom. The van der Waals surface area contributed by atoms with Crippen LogP contribution in [0.2, 0.25) is 0 Å². The second kappa shape index (κ2) is 5.70. The molecular formula is C10H16N2O2S. The van der Waals surface area contributed by atoms with Crippen LogP contribution >= 0.6 is 11.3 Å². The van der Waals surface area contributed by atoms with E-state index in [0.29, 0.717) is 6.54 Å². The zero-order chi connectivity index (χ0) is 11.3. The molecule has 0 aliphatic heterocycles. The summed E-state index contributed by atoms with van der Waals surface area (Å²) < 4.78 is 0. The van der Waals surface area contributed by atoms with Crippen molar-refractivity contribution in [1.29, 1.82) is 0 Å². The van der Waals surface area contributed by atoms with Gasteiger partial charge in [-0.15, -0.1) is 11.3 Å². The van der Waals surface area contributed by atoms with E-state index in [4.69, 9.17) is 5.11 Å². The minimum absolute atomic E-state index is 0.162. The number of aliphatic carboxylic acids is 1. The second-order valence-electron chi connectivity index (χ2n) is 3.20. The van der Waals surface area contributed by atoms with Gasteiger partial charge in [0.05, 0.1) is 12.1 Å². The van der Waals surface area contributed by atoms with Gasteiger partial charge in [0, 0.05) is 18.5 Å². The Kier molecular flexibility index (Phi) is 4.55. The highest BCUT2D eigenvalue weighted by Gasteiger charge is 2.10. The molecule has 0 saturated carbocycles. The summed E-state index contributed by atoms with van der Waals surface area (Å²) in [5, 5.41) is 11.6. The molecule has 1 heterocycles. The molecule has 1 aromatic rings.